The first-order valence-corrected chi connectivity index (χ1v) is 7.19. The fraction of sp³-hybridized carbons (Fsp3) is 0.643. The quantitative estimate of drug-likeness (QED) is 0.870. The highest BCUT2D eigenvalue weighted by Gasteiger charge is 2.37. The second-order valence-electron chi connectivity index (χ2n) is 5.83. The number of halogens is 1. The highest BCUT2D eigenvalue weighted by molar-refractivity contribution is 6.29. The van der Waals surface area contributed by atoms with E-state index in [9.17, 15) is 4.79 Å². The van der Waals surface area contributed by atoms with Crippen molar-refractivity contribution in [2.75, 3.05) is 12.4 Å². The molecule has 5 nitrogen and oxygen atoms in total. The summed E-state index contributed by atoms with van der Waals surface area (Å²) >= 11 is 5.87. The van der Waals surface area contributed by atoms with Crippen molar-refractivity contribution in [3.63, 3.8) is 0 Å². The van der Waals surface area contributed by atoms with Crippen LogP contribution in [0.1, 0.15) is 39.5 Å². The van der Waals surface area contributed by atoms with Crippen LogP contribution in [0.2, 0.25) is 5.15 Å². The first-order chi connectivity index (χ1) is 9.42. The smallest absolute Gasteiger partial charge is 0.234 e. The maximum atomic E-state index is 12.4. The lowest BCUT2D eigenvalue weighted by Gasteiger charge is -2.37. The van der Waals surface area contributed by atoms with Crippen LogP contribution in [0.25, 0.3) is 0 Å². The molecule has 0 bridgehead atoms. The van der Waals surface area contributed by atoms with Crippen LogP contribution in [-0.4, -0.2) is 23.0 Å². The molecular weight excluding hydrogens is 278 g/mol. The molecule has 1 aromatic rings. The Morgan fingerprint density at radius 1 is 1.45 bits per heavy atom. The van der Waals surface area contributed by atoms with E-state index in [4.69, 9.17) is 16.3 Å². The van der Waals surface area contributed by atoms with Gasteiger partial charge in [-0.05, 0) is 18.3 Å². The van der Waals surface area contributed by atoms with Gasteiger partial charge in [0.1, 0.15) is 5.15 Å². The zero-order chi connectivity index (χ0) is 14.8. The summed E-state index contributed by atoms with van der Waals surface area (Å²) < 4.78 is 5.02. The zero-order valence-corrected chi connectivity index (χ0v) is 12.8. The van der Waals surface area contributed by atoms with Crippen LogP contribution in [-0.2, 0) is 4.79 Å². The monoisotopic (exact) mass is 297 g/mol. The number of ether oxygens (including phenoxy) is 1. The number of anilines is 1. The minimum absolute atomic E-state index is 0.00496. The van der Waals surface area contributed by atoms with Crippen molar-refractivity contribution >= 4 is 23.5 Å². The van der Waals surface area contributed by atoms with Gasteiger partial charge in [0.25, 0.3) is 0 Å². The van der Waals surface area contributed by atoms with Gasteiger partial charge in [-0.1, -0.05) is 38.3 Å². The van der Waals surface area contributed by atoms with Crippen molar-refractivity contribution in [2.24, 2.45) is 11.3 Å². The minimum Gasteiger partial charge on any atom is -0.481 e. The highest BCUT2D eigenvalue weighted by Crippen LogP contribution is 2.40. The molecule has 1 atom stereocenters. The summed E-state index contributed by atoms with van der Waals surface area (Å²) in [6, 6.07) is 1.50. The summed E-state index contributed by atoms with van der Waals surface area (Å²) in [7, 11) is 1.49. The number of carbonyl (C=O) groups excluding carboxylic acids is 1. The predicted octanol–water partition coefficient (Wildman–Crippen LogP) is 3.29. The van der Waals surface area contributed by atoms with Crippen LogP contribution in [0.3, 0.4) is 0 Å². The molecule has 1 aliphatic rings. The molecular formula is C14H20ClN3O2. The van der Waals surface area contributed by atoms with Crippen molar-refractivity contribution in [1.29, 1.82) is 0 Å². The lowest BCUT2D eigenvalue weighted by molar-refractivity contribution is -0.124. The van der Waals surface area contributed by atoms with Crippen molar-refractivity contribution in [2.45, 2.75) is 39.5 Å². The van der Waals surface area contributed by atoms with Crippen molar-refractivity contribution in [1.82, 2.24) is 9.97 Å². The summed E-state index contributed by atoms with van der Waals surface area (Å²) in [6.45, 7) is 4.27. The molecule has 0 radical (unpaired) electrons. The Hall–Kier alpha value is -1.36. The average Bonchev–Trinajstić information content (AvgIpc) is 2.37. The van der Waals surface area contributed by atoms with Gasteiger partial charge in [-0.2, -0.15) is 4.98 Å². The van der Waals surface area contributed by atoms with Crippen molar-refractivity contribution < 1.29 is 9.53 Å². The SMILES string of the molecule is COc1cc(Cl)nc(NC(=O)C2CCCCC2(C)C)n1. The van der Waals surface area contributed by atoms with E-state index in [0.717, 1.165) is 19.3 Å². The molecule has 110 valence electrons. The van der Waals surface area contributed by atoms with E-state index in [1.807, 2.05) is 0 Å². The van der Waals surface area contributed by atoms with Crippen LogP contribution in [0.5, 0.6) is 5.88 Å². The molecule has 0 aliphatic heterocycles. The number of methoxy groups -OCH3 is 1. The summed E-state index contributed by atoms with van der Waals surface area (Å²) in [4.78, 5) is 20.5. The first kappa shape index (κ1) is 15.0. The Morgan fingerprint density at radius 3 is 2.85 bits per heavy atom. The molecule has 1 amide bonds. The van der Waals surface area contributed by atoms with E-state index in [0.29, 0.717) is 5.88 Å². The number of aromatic nitrogens is 2. The molecule has 1 unspecified atom stereocenters. The minimum atomic E-state index is -0.0426. The first-order valence-electron chi connectivity index (χ1n) is 6.82. The van der Waals surface area contributed by atoms with Crippen LogP contribution >= 0.6 is 11.6 Å². The molecule has 1 aliphatic carbocycles. The molecule has 1 N–H and O–H groups in total. The van der Waals surface area contributed by atoms with E-state index in [-0.39, 0.29) is 28.3 Å². The summed E-state index contributed by atoms with van der Waals surface area (Å²) in [5, 5.41) is 3.00. The lowest BCUT2D eigenvalue weighted by atomic mass is 9.68. The number of nitrogens with zero attached hydrogens (tertiary/aromatic N) is 2. The topological polar surface area (TPSA) is 64.1 Å². The van der Waals surface area contributed by atoms with E-state index >= 15 is 0 Å². The molecule has 2 rings (SSSR count). The molecule has 1 aromatic heterocycles. The average molecular weight is 298 g/mol. The molecule has 20 heavy (non-hydrogen) atoms. The summed E-state index contributed by atoms with van der Waals surface area (Å²) in [5.41, 5.74) is 0.00496. The van der Waals surface area contributed by atoms with Gasteiger partial charge in [-0.3, -0.25) is 10.1 Å². The zero-order valence-electron chi connectivity index (χ0n) is 12.1. The molecule has 6 heteroatoms. The maximum absolute atomic E-state index is 12.4. The number of amides is 1. The van der Waals surface area contributed by atoms with Gasteiger partial charge in [0.2, 0.25) is 17.7 Å². The van der Waals surface area contributed by atoms with Gasteiger partial charge in [-0.25, -0.2) is 4.98 Å². The normalized spacial score (nSPS) is 21.3. The third kappa shape index (κ3) is 3.39. The molecule has 0 saturated heterocycles. The highest BCUT2D eigenvalue weighted by atomic mass is 35.5. The third-order valence-electron chi connectivity index (χ3n) is 3.94. The number of hydrogen-bond donors (Lipinski definition) is 1. The number of rotatable bonds is 3. The molecule has 1 saturated carbocycles. The van der Waals surface area contributed by atoms with Crippen LogP contribution < -0.4 is 10.1 Å². The second kappa shape index (κ2) is 5.95. The fourth-order valence-electron chi connectivity index (χ4n) is 2.73. The van der Waals surface area contributed by atoms with Gasteiger partial charge >= 0.3 is 0 Å². The Balaban J connectivity index is 2.13. The van der Waals surface area contributed by atoms with Crippen molar-refractivity contribution in [3.8, 4) is 5.88 Å². The Morgan fingerprint density at radius 2 is 2.20 bits per heavy atom. The standard InChI is InChI=1S/C14H20ClN3O2/c1-14(2)7-5-4-6-9(14)12(19)18-13-16-10(15)8-11(17-13)20-3/h8-9H,4-7H2,1-3H3,(H,16,17,18,19). The summed E-state index contributed by atoms with van der Waals surface area (Å²) in [5.74, 6) is 0.466. The van der Waals surface area contributed by atoms with Crippen LogP contribution in [0.15, 0.2) is 6.07 Å². The van der Waals surface area contributed by atoms with Gasteiger partial charge in [0, 0.05) is 12.0 Å². The van der Waals surface area contributed by atoms with E-state index in [2.05, 4.69) is 29.1 Å². The third-order valence-corrected chi connectivity index (χ3v) is 4.13. The number of hydrogen-bond acceptors (Lipinski definition) is 4. The predicted molar refractivity (Wildman–Crippen MR) is 78.0 cm³/mol. The molecule has 1 fully saturated rings. The van der Waals surface area contributed by atoms with E-state index in [1.165, 1.54) is 19.6 Å². The largest absolute Gasteiger partial charge is 0.481 e. The van der Waals surface area contributed by atoms with Crippen molar-refractivity contribution in [3.05, 3.63) is 11.2 Å². The molecule has 0 spiro atoms. The fourth-order valence-corrected chi connectivity index (χ4v) is 2.91. The van der Waals surface area contributed by atoms with Gasteiger partial charge in [-0.15, -0.1) is 0 Å². The van der Waals surface area contributed by atoms with Crippen LogP contribution in [0, 0.1) is 11.3 Å². The Kier molecular flexibility index (Phi) is 4.48. The molecule has 1 heterocycles. The van der Waals surface area contributed by atoms with E-state index < -0.39 is 0 Å². The summed E-state index contributed by atoms with van der Waals surface area (Å²) in [6.07, 6.45) is 4.22. The molecule has 0 aromatic carbocycles. The number of nitrogens with one attached hydrogen (secondary N) is 1. The maximum Gasteiger partial charge on any atom is 0.234 e. The number of carbonyl (C=O) groups is 1. The van der Waals surface area contributed by atoms with Gasteiger partial charge < -0.3 is 4.74 Å². The van der Waals surface area contributed by atoms with Crippen LogP contribution in [0.4, 0.5) is 5.95 Å². The Labute approximate surface area is 124 Å². The van der Waals surface area contributed by atoms with E-state index in [1.54, 1.807) is 0 Å². The van der Waals surface area contributed by atoms with Gasteiger partial charge in [0.15, 0.2) is 0 Å². The second-order valence-corrected chi connectivity index (χ2v) is 6.22. The Bertz CT molecular complexity index is 505. The van der Waals surface area contributed by atoms with Gasteiger partial charge in [0.05, 0.1) is 7.11 Å². The lowest BCUT2D eigenvalue weighted by Crippen LogP contribution is -2.37.